The lowest BCUT2D eigenvalue weighted by Gasteiger charge is -2.25. The summed E-state index contributed by atoms with van der Waals surface area (Å²) in [6.45, 7) is 8.36. The Labute approximate surface area is 122 Å². The standard InChI is InChI=1S/C17H27NO2/c1-5-14(13(2)3)11-16(19)18-12-17(4,20)15-9-7-6-8-10-15/h6-10,13-14,20H,5,11-12H2,1-4H3,(H,18,19). The summed E-state index contributed by atoms with van der Waals surface area (Å²) in [5.74, 6) is 0.916. The highest BCUT2D eigenvalue weighted by Crippen LogP contribution is 2.21. The van der Waals surface area contributed by atoms with Crippen LogP contribution >= 0.6 is 0 Å². The van der Waals surface area contributed by atoms with Gasteiger partial charge in [-0.15, -0.1) is 0 Å². The minimum Gasteiger partial charge on any atom is -0.384 e. The molecule has 2 atom stereocenters. The molecular weight excluding hydrogens is 250 g/mol. The van der Waals surface area contributed by atoms with Crippen LogP contribution in [0.15, 0.2) is 30.3 Å². The smallest absolute Gasteiger partial charge is 0.220 e. The van der Waals surface area contributed by atoms with E-state index in [-0.39, 0.29) is 12.5 Å². The van der Waals surface area contributed by atoms with Crippen LogP contribution in [0, 0.1) is 11.8 Å². The normalized spacial score (nSPS) is 15.7. The maximum atomic E-state index is 12.0. The zero-order valence-corrected chi connectivity index (χ0v) is 13.0. The molecule has 0 saturated carbocycles. The number of rotatable bonds is 7. The molecule has 0 aromatic heterocycles. The highest BCUT2D eigenvalue weighted by molar-refractivity contribution is 5.76. The van der Waals surface area contributed by atoms with Crippen LogP contribution in [0.4, 0.5) is 0 Å². The van der Waals surface area contributed by atoms with E-state index in [0.717, 1.165) is 12.0 Å². The molecule has 1 amide bonds. The van der Waals surface area contributed by atoms with Crippen LogP contribution in [0.1, 0.15) is 46.1 Å². The Bertz CT molecular complexity index is 412. The number of amides is 1. The van der Waals surface area contributed by atoms with Crippen molar-refractivity contribution in [3.63, 3.8) is 0 Å². The molecule has 20 heavy (non-hydrogen) atoms. The first-order valence-corrected chi connectivity index (χ1v) is 7.41. The van der Waals surface area contributed by atoms with Crippen LogP contribution < -0.4 is 5.32 Å². The summed E-state index contributed by atoms with van der Waals surface area (Å²) >= 11 is 0. The number of hydrogen-bond acceptors (Lipinski definition) is 2. The quantitative estimate of drug-likeness (QED) is 0.804. The van der Waals surface area contributed by atoms with E-state index < -0.39 is 5.60 Å². The number of aliphatic hydroxyl groups is 1. The fourth-order valence-electron chi connectivity index (χ4n) is 2.33. The van der Waals surface area contributed by atoms with Gasteiger partial charge in [0.2, 0.25) is 5.91 Å². The van der Waals surface area contributed by atoms with E-state index in [0.29, 0.717) is 18.3 Å². The molecule has 0 fully saturated rings. The summed E-state index contributed by atoms with van der Waals surface area (Å²) in [6, 6.07) is 9.42. The van der Waals surface area contributed by atoms with Gasteiger partial charge in [0.25, 0.3) is 0 Å². The van der Waals surface area contributed by atoms with Gasteiger partial charge >= 0.3 is 0 Å². The molecule has 0 radical (unpaired) electrons. The summed E-state index contributed by atoms with van der Waals surface area (Å²) < 4.78 is 0. The predicted molar refractivity (Wildman–Crippen MR) is 82.3 cm³/mol. The molecule has 0 spiro atoms. The first-order valence-electron chi connectivity index (χ1n) is 7.41. The average Bonchev–Trinajstić information content (AvgIpc) is 2.43. The van der Waals surface area contributed by atoms with Crippen LogP contribution in [0.5, 0.6) is 0 Å². The molecule has 1 rings (SSSR count). The lowest BCUT2D eigenvalue weighted by molar-refractivity contribution is -0.123. The number of nitrogens with one attached hydrogen (secondary N) is 1. The molecule has 112 valence electrons. The summed E-state index contributed by atoms with van der Waals surface area (Å²) in [7, 11) is 0. The van der Waals surface area contributed by atoms with Gasteiger partial charge in [0.1, 0.15) is 5.60 Å². The molecule has 0 aliphatic rings. The summed E-state index contributed by atoms with van der Waals surface area (Å²) in [5.41, 5.74) is -0.215. The molecule has 2 N–H and O–H groups in total. The first-order chi connectivity index (χ1) is 9.36. The van der Waals surface area contributed by atoms with Crippen molar-refractivity contribution >= 4 is 5.91 Å². The minimum absolute atomic E-state index is 0.0155. The number of carbonyl (C=O) groups excluding carboxylic acids is 1. The Hall–Kier alpha value is -1.35. The molecule has 3 heteroatoms. The molecule has 0 aliphatic heterocycles. The van der Waals surface area contributed by atoms with Crippen molar-refractivity contribution < 1.29 is 9.90 Å². The maximum absolute atomic E-state index is 12.0. The number of benzene rings is 1. The third-order valence-electron chi connectivity index (χ3n) is 3.94. The highest BCUT2D eigenvalue weighted by atomic mass is 16.3. The van der Waals surface area contributed by atoms with Gasteiger partial charge in [-0.05, 0) is 24.3 Å². The SMILES string of the molecule is CCC(CC(=O)NCC(C)(O)c1ccccc1)C(C)C. The van der Waals surface area contributed by atoms with Gasteiger partial charge in [-0.2, -0.15) is 0 Å². The summed E-state index contributed by atoms with van der Waals surface area (Å²) in [5, 5.41) is 13.3. The second kappa shape index (κ2) is 7.44. The van der Waals surface area contributed by atoms with Crippen molar-refractivity contribution in [1.29, 1.82) is 0 Å². The van der Waals surface area contributed by atoms with Crippen molar-refractivity contribution in [3.8, 4) is 0 Å². The van der Waals surface area contributed by atoms with Crippen LogP contribution in [-0.4, -0.2) is 17.6 Å². The highest BCUT2D eigenvalue weighted by Gasteiger charge is 2.24. The Morgan fingerprint density at radius 2 is 1.90 bits per heavy atom. The van der Waals surface area contributed by atoms with Gasteiger partial charge in [0.15, 0.2) is 0 Å². The van der Waals surface area contributed by atoms with E-state index in [4.69, 9.17) is 0 Å². The molecular formula is C17H27NO2. The fourth-order valence-corrected chi connectivity index (χ4v) is 2.33. The Balaban J connectivity index is 2.52. The number of carbonyl (C=O) groups is 1. The van der Waals surface area contributed by atoms with E-state index in [2.05, 4.69) is 26.1 Å². The Kier molecular flexibility index (Phi) is 6.21. The molecule has 0 saturated heterocycles. The van der Waals surface area contributed by atoms with Crippen LogP contribution in [0.25, 0.3) is 0 Å². The molecule has 0 heterocycles. The lowest BCUT2D eigenvalue weighted by atomic mass is 9.89. The number of hydrogen-bond donors (Lipinski definition) is 2. The van der Waals surface area contributed by atoms with E-state index in [9.17, 15) is 9.90 Å². The maximum Gasteiger partial charge on any atom is 0.220 e. The van der Waals surface area contributed by atoms with Gasteiger partial charge in [-0.3, -0.25) is 4.79 Å². The fraction of sp³-hybridized carbons (Fsp3) is 0.588. The van der Waals surface area contributed by atoms with E-state index in [1.165, 1.54) is 0 Å². The lowest BCUT2D eigenvalue weighted by Crippen LogP contribution is -2.39. The zero-order chi connectivity index (χ0) is 15.2. The van der Waals surface area contributed by atoms with Crippen LogP contribution in [0.3, 0.4) is 0 Å². The third-order valence-corrected chi connectivity index (χ3v) is 3.94. The molecule has 1 aromatic rings. The largest absolute Gasteiger partial charge is 0.384 e. The van der Waals surface area contributed by atoms with Crippen molar-refractivity contribution in [2.45, 2.75) is 46.1 Å². The van der Waals surface area contributed by atoms with Gasteiger partial charge in [0.05, 0.1) is 6.54 Å². The molecule has 0 aliphatic carbocycles. The zero-order valence-electron chi connectivity index (χ0n) is 13.0. The molecule has 0 bridgehead atoms. The average molecular weight is 277 g/mol. The Morgan fingerprint density at radius 3 is 2.40 bits per heavy atom. The van der Waals surface area contributed by atoms with Crippen LogP contribution in [0.2, 0.25) is 0 Å². The van der Waals surface area contributed by atoms with Gasteiger partial charge in [0, 0.05) is 6.42 Å². The molecule has 1 aromatic carbocycles. The van der Waals surface area contributed by atoms with Crippen molar-refractivity contribution in [2.75, 3.05) is 6.54 Å². The minimum atomic E-state index is -1.03. The summed E-state index contributed by atoms with van der Waals surface area (Å²) in [4.78, 5) is 12.0. The van der Waals surface area contributed by atoms with E-state index in [1.54, 1.807) is 6.92 Å². The molecule has 2 unspecified atom stereocenters. The van der Waals surface area contributed by atoms with E-state index in [1.807, 2.05) is 30.3 Å². The van der Waals surface area contributed by atoms with E-state index >= 15 is 0 Å². The van der Waals surface area contributed by atoms with Crippen molar-refractivity contribution in [1.82, 2.24) is 5.32 Å². The molecule has 3 nitrogen and oxygen atoms in total. The second-order valence-electron chi connectivity index (χ2n) is 6.03. The van der Waals surface area contributed by atoms with Gasteiger partial charge < -0.3 is 10.4 Å². The third kappa shape index (κ3) is 4.97. The second-order valence-corrected chi connectivity index (χ2v) is 6.03. The van der Waals surface area contributed by atoms with Gasteiger partial charge in [-0.25, -0.2) is 0 Å². The van der Waals surface area contributed by atoms with Crippen molar-refractivity contribution in [3.05, 3.63) is 35.9 Å². The topological polar surface area (TPSA) is 49.3 Å². The summed E-state index contributed by atoms with van der Waals surface area (Å²) in [6.07, 6.45) is 1.53. The van der Waals surface area contributed by atoms with Gasteiger partial charge in [-0.1, -0.05) is 57.5 Å². The first kappa shape index (κ1) is 16.7. The van der Waals surface area contributed by atoms with Crippen molar-refractivity contribution in [2.24, 2.45) is 11.8 Å². The predicted octanol–water partition coefficient (Wildman–Crippen LogP) is 3.08. The monoisotopic (exact) mass is 277 g/mol. The van der Waals surface area contributed by atoms with Crippen LogP contribution in [-0.2, 0) is 10.4 Å². The Morgan fingerprint density at radius 1 is 1.30 bits per heavy atom.